The minimum absolute atomic E-state index is 0.139. The van der Waals surface area contributed by atoms with E-state index >= 15 is 0 Å². The minimum atomic E-state index is -0.709. The van der Waals surface area contributed by atoms with Gasteiger partial charge in [0.05, 0.1) is 17.9 Å². The summed E-state index contributed by atoms with van der Waals surface area (Å²) < 4.78 is 1.84. The SMILES string of the molecule is CC1(C(=O)N2CCC(C)(c3cn(Cc4ccc5c6c(cccc46)C(=O)N5C4CCC(=O)NC4=O)nn3)CC2)CC1. The molecule has 10 nitrogen and oxygen atoms in total. The molecule has 2 aromatic carbocycles. The van der Waals surface area contributed by atoms with Crippen molar-refractivity contribution in [2.24, 2.45) is 5.41 Å². The van der Waals surface area contributed by atoms with Crippen LogP contribution in [-0.4, -0.2) is 62.7 Å². The third kappa shape index (κ3) is 3.83. The molecule has 0 radical (unpaired) electrons. The van der Waals surface area contributed by atoms with Crippen molar-refractivity contribution in [1.82, 2.24) is 25.2 Å². The molecule has 0 spiro atoms. The number of aromatic nitrogens is 3. The number of rotatable bonds is 5. The number of benzene rings is 2. The first-order valence-electron chi connectivity index (χ1n) is 14.1. The molecule has 1 atom stereocenters. The first kappa shape index (κ1) is 24.9. The Hall–Kier alpha value is -4.08. The number of imide groups is 1. The zero-order valence-electron chi connectivity index (χ0n) is 22.8. The van der Waals surface area contributed by atoms with Crippen molar-refractivity contribution in [3.8, 4) is 0 Å². The van der Waals surface area contributed by atoms with Gasteiger partial charge in [0.25, 0.3) is 5.91 Å². The number of carbonyl (C=O) groups excluding carboxylic acids is 4. The highest BCUT2D eigenvalue weighted by molar-refractivity contribution is 6.27. The Morgan fingerprint density at radius 3 is 2.55 bits per heavy atom. The van der Waals surface area contributed by atoms with Gasteiger partial charge in [-0.1, -0.05) is 37.3 Å². The Bertz CT molecular complexity index is 1600. The van der Waals surface area contributed by atoms with E-state index in [1.165, 1.54) is 0 Å². The lowest BCUT2D eigenvalue weighted by molar-refractivity contribution is -0.138. The van der Waals surface area contributed by atoms with Crippen LogP contribution in [0.1, 0.15) is 74.0 Å². The summed E-state index contributed by atoms with van der Waals surface area (Å²) in [5, 5.41) is 13.1. The van der Waals surface area contributed by atoms with Gasteiger partial charge < -0.3 is 4.90 Å². The van der Waals surface area contributed by atoms with E-state index in [1.54, 1.807) is 11.0 Å². The lowest BCUT2D eigenvalue weighted by atomic mass is 9.77. The average molecular weight is 541 g/mol. The van der Waals surface area contributed by atoms with Crippen LogP contribution < -0.4 is 10.2 Å². The molecule has 4 amide bonds. The van der Waals surface area contributed by atoms with Crippen molar-refractivity contribution in [2.75, 3.05) is 18.0 Å². The number of carbonyl (C=O) groups is 4. The maximum Gasteiger partial charge on any atom is 0.259 e. The zero-order chi connectivity index (χ0) is 27.8. The monoisotopic (exact) mass is 540 g/mol. The smallest absolute Gasteiger partial charge is 0.259 e. The fraction of sp³-hybridized carbons (Fsp3) is 0.467. The average Bonchev–Trinajstić information content (AvgIpc) is 3.40. The first-order chi connectivity index (χ1) is 19.2. The summed E-state index contributed by atoms with van der Waals surface area (Å²) in [4.78, 5) is 54.1. The van der Waals surface area contributed by atoms with Gasteiger partial charge in [-0.3, -0.25) is 29.4 Å². The highest BCUT2D eigenvalue weighted by atomic mass is 16.2. The van der Waals surface area contributed by atoms with E-state index in [-0.39, 0.29) is 29.1 Å². The van der Waals surface area contributed by atoms with E-state index in [2.05, 4.69) is 29.5 Å². The highest BCUT2D eigenvalue weighted by Gasteiger charge is 2.48. The molecule has 2 saturated heterocycles. The van der Waals surface area contributed by atoms with Crippen molar-refractivity contribution >= 4 is 40.1 Å². The Balaban J connectivity index is 1.12. The number of nitrogens with one attached hydrogen (secondary N) is 1. The van der Waals surface area contributed by atoms with Crippen molar-refractivity contribution < 1.29 is 19.2 Å². The Labute approximate surface area is 231 Å². The maximum atomic E-state index is 13.4. The molecule has 40 heavy (non-hydrogen) atoms. The third-order valence-electron chi connectivity index (χ3n) is 9.50. The van der Waals surface area contributed by atoms with E-state index in [9.17, 15) is 19.2 Å². The van der Waals surface area contributed by atoms with Gasteiger partial charge in [-0.15, -0.1) is 5.10 Å². The maximum absolute atomic E-state index is 13.4. The van der Waals surface area contributed by atoms with E-state index < -0.39 is 11.9 Å². The molecule has 1 aliphatic carbocycles. The van der Waals surface area contributed by atoms with Gasteiger partial charge in [-0.2, -0.15) is 0 Å². The van der Waals surface area contributed by atoms with Gasteiger partial charge in [0, 0.05) is 47.5 Å². The lowest BCUT2D eigenvalue weighted by Crippen LogP contribution is -2.53. The van der Waals surface area contributed by atoms with Crippen molar-refractivity contribution in [3.63, 3.8) is 0 Å². The topological polar surface area (TPSA) is 118 Å². The Kier molecular flexibility index (Phi) is 5.43. The van der Waals surface area contributed by atoms with Crippen LogP contribution in [0.5, 0.6) is 0 Å². The number of anilines is 1. The van der Waals surface area contributed by atoms with Gasteiger partial charge in [-0.25, -0.2) is 4.68 Å². The molecule has 1 unspecified atom stereocenters. The number of piperidine rings is 2. The van der Waals surface area contributed by atoms with Gasteiger partial charge in [0.1, 0.15) is 6.04 Å². The number of likely N-dealkylation sites (tertiary alicyclic amines) is 1. The fourth-order valence-electron chi connectivity index (χ4n) is 6.51. The van der Waals surface area contributed by atoms with Crippen LogP contribution in [0.15, 0.2) is 36.5 Å². The molecule has 4 heterocycles. The second-order valence-electron chi connectivity index (χ2n) is 12.3. The summed E-state index contributed by atoms with van der Waals surface area (Å²) in [6.45, 7) is 6.24. The van der Waals surface area contributed by atoms with E-state index in [1.807, 2.05) is 40.0 Å². The molecule has 3 aromatic rings. The lowest BCUT2D eigenvalue weighted by Gasteiger charge is -2.39. The van der Waals surface area contributed by atoms with Crippen LogP contribution in [0.3, 0.4) is 0 Å². The van der Waals surface area contributed by atoms with Crippen molar-refractivity contribution in [1.29, 1.82) is 0 Å². The molecule has 7 rings (SSSR count). The Morgan fingerprint density at radius 2 is 1.82 bits per heavy atom. The molecule has 1 saturated carbocycles. The summed E-state index contributed by atoms with van der Waals surface area (Å²) in [6, 6.07) is 8.80. The third-order valence-corrected chi connectivity index (χ3v) is 9.50. The molecular weight excluding hydrogens is 508 g/mol. The molecule has 206 valence electrons. The van der Waals surface area contributed by atoms with Crippen LogP contribution in [0.4, 0.5) is 5.69 Å². The van der Waals surface area contributed by atoms with E-state index in [4.69, 9.17) is 0 Å². The molecule has 1 N–H and O–H groups in total. The van der Waals surface area contributed by atoms with Gasteiger partial charge in [0.15, 0.2) is 0 Å². The zero-order valence-corrected chi connectivity index (χ0v) is 22.8. The summed E-state index contributed by atoms with van der Waals surface area (Å²) in [5.74, 6) is -0.669. The number of nitrogens with zero attached hydrogens (tertiary/aromatic N) is 5. The molecule has 10 heteroatoms. The predicted molar refractivity (Wildman–Crippen MR) is 147 cm³/mol. The van der Waals surface area contributed by atoms with Crippen LogP contribution >= 0.6 is 0 Å². The quantitative estimate of drug-likeness (QED) is 0.498. The molecule has 4 aliphatic rings. The Morgan fingerprint density at radius 1 is 1.05 bits per heavy atom. The predicted octanol–water partition coefficient (Wildman–Crippen LogP) is 2.93. The largest absolute Gasteiger partial charge is 0.342 e. The molecule has 3 aliphatic heterocycles. The van der Waals surface area contributed by atoms with Crippen LogP contribution in [0.25, 0.3) is 10.8 Å². The summed E-state index contributed by atoms with van der Waals surface area (Å²) in [7, 11) is 0. The van der Waals surface area contributed by atoms with E-state index in [0.717, 1.165) is 60.8 Å². The molecular formula is C30H32N6O4. The number of hydrogen-bond acceptors (Lipinski definition) is 6. The minimum Gasteiger partial charge on any atom is -0.342 e. The molecule has 1 aromatic heterocycles. The van der Waals surface area contributed by atoms with E-state index in [0.29, 0.717) is 30.1 Å². The van der Waals surface area contributed by atoms with Crippen molar-refractivity contribution in [2.45, 2.75) is 70.4 Å². The summed E-state index contributed by atoms with van der Waals surface area (Å²) in [5.41, 5.74) is 2.91. The first-order valence-corrected chi connectivity index (χ1v) is 14.1. The standard InChI is InChI=1S/C30H32N6O4/c1-29(12-14-34(15-13-29)28(40)30(2)10-11-30)23-17-35(33-32-23)16-18-6-7-21-25-19(18)4-3-5-20(25)27(39)36(21)22-8-9-24(37)31-26(22)38/h3-7,17,22H,8-16H2,1-2H3,(H,31,37,38). The second kappa shape index (κ2) is 8.71. The number of amides is 4. The summed E-state index contributed by atoms with van der Waals surface area (Å²) in [6.07, 6.45) is 6.21. The fourth-order valence-corrected chi connectivity index (χ4v) is 6.51. The normalized spacial score (nSPS) is 23.1. The van der Waals surface area contributed by atoms with Crippen LogP contribution in [0, 0.1) is 5.41 Å². The van der Waals surface area contributed by atoms with Crippen molar-refractivity contribution in [3.05, 3.63) is 53.3 Å². The van der Waals surface area contributed by atoms with Gasteiger partial charge in [-0.05, 0) is 55.2 Å². The number of hydrogen-bond donors (Lipinski definition) is 1. The summed E-state index contributed by atoms with van der Waals surface area (Å²) >= 11 is 0. The van der Waals surface area contributed by atoms with Gasteiger partial charge in [0.2, 0.25) is 17.7 Å². The molecule has 0 bridgehead atoms. The van der Waals surface area contributed by atoms with Crippen LogP contribution in [-0.2, 0) is 26.3 Å². The second-order valence-corrected chi connectivity index (χ2v) is 12.3. The van der Waals surface area contributed by atoms with Crippen LogP contribution in [0.2, 0.25) is 0 Å². The van der Waals surface area contributed by atoms with Gasteiger partial charge >= 0.3 is 0 Å². The molecule has 3 fully saturated rings. The highest BCUT2D eigenvalue weighted by Crippen LogP contribution is 2.47.